The molecule has 2 rings (SSSR count). The summed E-state index contributed by atoms with van der Waals surface area (Å²) in [4.78, 5) is 23.2. The second kappa shape index (κ2) is 11.1. The van der Waals surface area contributed by atoms with E-state index in [1.165, 1.54) is 20.0 Å². The van der Waals surface area contributed by atoms with Crippen LogP contribution in [0.1, 0.15) is 60.2 Å². The summed E-state index contributed by atoms with van der Waals surface area (Å²) in [6, 6.07) is 11.4. The van der Waals surface area contributed by atoms with E-state index in [1.54, 1.807) is 42.5 Å². The topological polar surface area (TPSA) is 61.8 Å². The van der Waals surface area contributed by atoms with Gasteiger partial charge in [0.05, 0.1) is 13.7 Å². The molecule has 2 aromatic rings. The molecule has 1 atom stereocenters. The second-order valence-electron chi connectivity index (χ2n) is 6.67. The van der Waals surface area contributed by atoms with E-state index < -0.39 is 5.97 Å². The van der Waals surface area contributed by atoms with Gasteiger partial charge >= 0.3 is 5.97 Å². The highest BCUT2D eigenvalue weighted by molar-refractivity contribution is 5.94. The lowest BCUT2D eigenvalue weighted by Crippen LogP contribution is -2.12. The fourth-order valence-corrected chi connectivity index (χ4v) is 2.82. The van der Waals surface area contributed by atoms with E-state index in [1.807, 2.05) is 0 Å². The summed E-state index contributed by atoms with van der Waals surface area (Å²) in [6.45, 7) is 5.00. The normalized spacial score (nSPS) is 11.5. The van der Waals surface area contributed by atoms with Gasteiger partial charge < -0.3 is 14.2 Å². The molecule has 0 saturated heterocycles. The molecule has 150 valence electrons. The molecule has 0 saturated carbocycles. The standard InChI is InChI=1S/C23H28O5/c1-4-6-7-17(5-2)16-27-20-12-13-21(22(14-20)26-3)23(25)28-19-10-8-18(15-24)9-11-19/h8-15,17H,4-7,16H2,1-3H3. The van der Waals surface area contributed by atoms with Crippen LogP contribution in [0, 0.1) is 5.92 Å². The third kappa shape index (κ3) is 6.12. The molecule has 1 unspecified atom stereocenters. The van der Waals surface area contributed by atoms with E-state index >= 15 is 0 Å². The molecule has 0 amide bonds. The molecular formula is C23H28O5. The molecule has 5 nitrogen and oxygen atoms in total. The van der Waals surface area contributed by atoms with Crippen LogP contribution in [0.4, 0.5) is 0 Å². The van der Waals surface area contributed by atoms with Crippen LogP contribution in [-0.4, -0.2) is 26.0 Å². The number of rotatable bonds is 11. The minimum Gasteiger partial charge on any atom is -0.496 e. The van der Waals surface area contributed by atoms with Crippen molar-refractivity contribution in [2.45, 2.75) is 39.5 Å². The highest BCUT2D eigenvalue weighted by atomic mass is 16.5. The molecule has 0 aromatic heterocycles. The summed E-state index contributed by atoms with van der Waals surface area (Å²) in [7, 11) is 1.50. The van der Waals surface area contributed by atoms with Crippen LogP contribution in [0.25, 0.3) is 0 Å². The fourth-order valence-electron chi connectivity index (χ4n) is 2.82. The van der Waals surface area contributed by atoms with Gasteiger partial charge in [0, 0.05) is 11.6 Å². The zero-order chi connectivity index (χ0) is 20.4. The molecule has 0 aliphatic rings. The van der Waals surface area contributed by atoms with E-state index in [2.05, 4.69) is 13.8 Å². The molecule has 2 aromatic carbocycles. The number of carbonyl (C=O) groups excluding carboxylic acids is 2. The number of aldehydes is 1. The fraction of sp³-hybridized carbons (Fsp3) is 0.391. The van der Waals surface area contributed by atoms with Gasteiger partial charge in [0.15, 0.2) is 0 Å². The van der Waals surface area contributed by atoms with Gasteiger partial charge in [0.1, 0.15) is 29.1 Å². The zero-order valence-electron chi connectivity index (χ0n) is 16.8. The monoisotopic (exact) mass is 384 g/mol. The number of unbranched alkanes of at least 4 members (excludes halogenated alkanes) is 1. The minimum atomic E-state index is -0.531. The Bertz CT molecular complexity index is 767. The molecule has 0 aliphatic heterocycles. The first-order valence-corrected chi connectivity index (χ1v) is 9.69. The Balaban J connectivity index is 2.04. The van der Waals surface area contributed by atoms with Gasteiger partial charge in [-0.3, -0.25) is 4.79 Å². The summed E-state index contributed by atoms with van der Waals surface area (Å²) in [5.74, 6) is 1.41. The maximum atomic E-state index is 12.5. The van der Waals surface area contributed by atoms with Gasteiger partial charge in [0.25, 0.3) is 0 Å². The van der Waals surface area contributed by atoms with Crippen molar-refractivity contribution in [1.82, 2.24) is 0 Å². The molecular weight excluding hydrogens is 356 g/mol. The summed E-state index contributed by atoms with van der Waals surface area (Å²) in [5, 5.41) is 0. The van der Waals surface area contributed by atoms with Crippen molar-refractivity contribution >= 4 is 12.3 Å². The Labute approximate surface area is 166 Å². The van der Waals surface area contributed by atoms with Crippen LogP contribution in [0.2, 0.25) is 0 Å². The van der Waals surface area contributed by atoms with Crippen LogP contribution in [0.15, 0.2) is 42.5 Å². The molecule has 0 radical (unpaired) electrons. The number of methoxy groups -OCH3 is 1. The first kappa shape index (κ1) is 21.5. The van der Waals surface area contributed by atoms with Crippen molar-refractivity contribution in [1.29, 1.82) is 0 Å². The molecule has 0 fully saturated rings. The van der Waals surface area contributed by atoms with Gasteiger partial charge in [-0.2, -0.15) is 0 Å². The second-order valence-corrected chi connectivity index (χ2v) is 6.67. The lowest BCUT2D eigenvalue weighted by atomic mass is 10.0. The summed E-state index contributed by atoms with van der Waals surface area (Å²) >= 11 is 0. The van der Waals surface area contributed by atoms with Crippen LogP contribution in [0.3, 0.4) is 0 Å². The SMILES string of the molecule is CCCCC(CC)COc1ccc(C(=O)Oc2ccc(C=O)cc2)c(OC)c1. The Kier molecular flexibility index (Phi) is 8.53. The summed E-state index contributed by atoms with van der Waals surface area (Å²) in [5.41, 5.74) is 0.829. The lowest BCUT2D eigenvalue weighted by molar-refractivity contribution is 0.0731. The van der Waals surface area contributed by atoms with E-state index in [9.17, 15) is 9.59 Å². The number of carbonyl (C=O) groups is 2. The van der Waals surface area contributed by atoms with Crippen molar-refractivity contribution in [3.63, 3.8) is 0 Å². The van der Waals surface area contributed by atoms with Crippen LogP contribution >= 0.6 is 0 Å². The van der Waals surface area contributed by atoms with Crippen LogP contribution in [-0.2, 0) is 0 Å². The number of hydrogen-bond acceptors (Lipinski definition) is 5. The third-order valence-electron chi connectivity index (χ3n) is 4.65. The van der Waals surface area contributed by atoms with Gasteiger partial charge in [-0.05, 0) is 48.7 Å². The maximum absolute atomic E-state index is 12.5. The van der Waals surface area contributed by atoms with Crippen LogP contribution < -0.4 is 14.2 Å². The van der Waals surface area contributed by atoms with Crippen molar-refractivity contribution in [2.24, 2.45) is 5.92 Å². The highest BCUT2D eigenvalue weighted by Crippen LogP contribution is 2.27. The number of ether oxygens (including phenoxy) is 3. The van der Waals surface area contributed by atoms with E-state index in [0.717, 1.165) is 19.1 Å². The van der Waals surface area contributed by atoms with E-state index in [4.69, 9.17) is 14.2 Å². The van der Waals surface area contributed by atoms with Crippen molar-refractivity contribution in [3.8, 4) is 17.2 Å². The van der Waals surface area contributed by atoms with Gasteiger partial charge in [0.2, 0.25) is 0 Å². The number of esters is 1. The lowest BCUT2D eigenvalue weighted by Gasteiger charge is -2.16. The molecule has 28 heavy (non-hydrogen) atoms. The molecule has 0 spiro atoms. The molecule has 0 N–H and O–H groups in total. The Morgan fingerprint density at radius 1 is 1.07 bits per heavy atom. The Morgan fingerprint density at radius 2 is 1.79 bits per heavy atom. The minimum absolute atomic E-state index is 0.312. The van der Waals surface area contributed by atoms with Crippen LogP contribution in [0.5, 0.6) is 17.2 Å². The average molecular weight is 384 g/mol. The molecule has 0 heterocycles. The number of hydrogen-bond donors (Lipinski definition) is 0. The zero-order valence-corrected chi connectivity index (χ0v) is 16.8. The smallest absolute Gasteiger partial charge is 0.347 e. The predicted octanol–water partition coefficient (Wildman–Crippen LogP) is 5.32. The highest BCUT2D eigenvalue weighted by Gasteiger charge is 2.16. The maximum Gasteiger partial charge on any atom is 0.347 e. The molecule has 0 bridgehead atoms. The summed E-state index contributed by atoms with van der Waals surface area (Å²) in [6.07, 6.45) is 5.34. The largest absolute Gasteiger partial charge is 0.496 e. The summed E-state index contributed by atoms with van der Waals surface area (Å²) < 4.78 is 16.6. The first-order valence-electron chi connectivity index (χ1n) is 9.69. The Hall–Kier alpha value is -2.82. The van der Waals surface area contributed by atoms with E-state index in [0.29, 0.717) is 40.9 Å². The van der Waals surface area contributed by atoms with E-state index in [-0.39, 0.29) is 0 Å². The average Bonchev–Trinajstić information content (AvgIpc) is 2.74. The van der Waals surface area contributed by atoms with Gasteiger partial charge in [-0.25, -0.2) is 4.79 Å². The van der Waals surface area contributed by atoms with Crippen molar-refractivity contribution in [3.05, 3.63) is 53.6 Å². The number of benzene rings is 2. The Morgan fingerprint density at radius 3 is 2.39 bits per heavy atom. The third-order valence-corrected chi connectivity index (χ3v) is 4.65. The van der Waals surface area contributed by atoms with Gasteiger partial charge in [-0.1, -0.05) is 33.1 Å². The predicted molar refractivity (Wildman–Crippen MR) is 109 cm³/mol. The molecule has 0 aliphatic carbocycles. The molecule has 5 heteroatoms. The van der Waals surface area contributed by atoms with Gasteiger partial charge in [-0.15, -0.1) is 0 Å². The van der Waals surface area contributed by atoms with Crippen molar-refractivity contribution < 1.29 is 23.8 Å². The first-order chi connectivity index (χ1) is 13.6. The van der Waals surface area contributed by atoms with Crippen molar-refractivity contribution in [2.75, 3.05) is 13.7 Å². The quantitative estimate of drug-likeness (QED) is 0.298.